The van der Waals surface area contributed by atoms with Crippen molar-refractivity contribution in [1.29, 1.82) is 0 Å². The van der Waals surface area contributed by atoms with Crippen LogP contribution in [0.4, 0.5) is 0 Å². The summed E-state index contributed by atoms with van der Waals surface area (Å²) in [5, 5.41) is 0. The summed E-state index contributed by atoms with van der Waals surface area (Å²) in [6.07, 6.45) is 2.83. The summed E-state index contributed by atoms with van der Waals surface area (Å²) in [4.78, 5) is 5.35. The van der Waals surface area contributed by atoms with E-state index in [9.17, 15) is 0 Å². The van der Waals surface area contributed by atoms with Gasteiger partial charge in [-0.2, -0.15) is 0 Å². The van der Waals surface area contributed by atoms with Crippen LogP contribution in [-0.4, -0.2) is 48.1 Å². The van der Waals surface area contributed by atoms with Crippen LogP contribution in [0.15, 0.2) is 0 Å². The molecule has 2 rings (SSSR count). The Morgan fingerprint density at radius 3 is 2.11 bits per heavy atom. The van der Waals surface area contributed by atoms with Crippen LogP contribution < -0.4 is 0 Å². The number of hydrogen-bond donors (Lipinski definition) is 0. The Balaban J connectivity index is 1.76. The van der Waals surface area contributed by atoms with Crippen LogP contribution in [0.2, 0.25) is 0 Å². The van der Waals surface area contributed by atoms with Crippen LogP contribution in [0.1, 0.15) is 54.4 Å². The number of nitrogens with zero attached hydrogens (tertiary/aromatic N) is 2. The van der Waals surface area contributed by atoms with E-state index < -0.39 is 0 Å². The van der Waals surface area contributed by atoms with E-state index in [4.69, 9.17) is 0 Å². The lowest BCUT2D eigenvalue weighted by Crippen LogP contribution is -2.59. The lowest BCUT2D eigenvalue weighted by molar-refractivity contribution is -0.0128. The van der Waals surface area contributed by atoms with Gasteiger partial charge in [-0.25, -0.2) is 0 Å². The highest BCUT2D eigenvalue weighted by molar-refractivity contribution is 4.91. The number of rotatable bonds is 2. The van der Waals surface area contributed by atoms with Gasteiger partial charge in [-0.15, -0.1) is 0 Å². The van der Waals surface area contributed by atoms with Crippen LogP contribution in [-0.2, 0) is 0 Å². The normalized spacial score (nSPS) is 28.4. The van der Waals surface area contributed by atoms with Gasteiger partial charge in [0.1, 0.15) is 0 Å². The van der Waals surface area contributed by atoms with Crippen molar-refractivity contribution in [2.75, 3.05) is 32.7 Å². The Bertz CT molecular complexity index is 291. The molecule has 2 aliphatic rings. The van der Waals surface area contributed by atoms with E-state index in [1.165, 1.54) is 45.6 Å². The van der Waals surface area contributed by atoms with Crippen LogP contribution in [0.25, 0.3) is 0 Å². The molecule has 0 N–H and O–H groups in total. The van der Waals surface area contributed by atoms with E-state index >= 15 is 0 Å². The zero-order valence-corrected chi connectivity index (χ0v) is 14.0. The zero-order chi connectivity index (χ0) is 14.3. The van der Waals surface area contributed by atoms with Crippen molar-refractivity contribution in [2.24, 2.45) is 17.3 Å². The molecular formula is C17H34N2. The minimum absolute atomic E-state index is 0.367. The Labute approximate surface area is 120 Å². The van der Waals surface area contributed by atoms with E-state index in [1.807, 2.05) is 0 Å². The highest BCUT2D eigenvalue weighted by Gasteiger charge is 2.36. The molecule has 2 fully saturated rings. The molecule has 0 aliphatic carbocycles. The first kappa shape index (κ1) is 15.3. The Kier molecular flexibility index (Phi) is 4.32. The number of likely N-dealkylation sites (tertiary alicyclic amines) is 2. The van der Waals surface area contributed by atoms with Gasteiger partial charge in [-0.1, -0.05) is 20.8 Å². The van der Waals surface area contributed by atoms with Crippen molar-refractivity contribution in [3.05, 3.63) is 0 Å². The first-order chi connectivity index (χ1) is 8.66. The van der Waals surface area contributed by atoms with Crippen LogP contribution >= 0.6 is 0 Å². The van der Waals surface area contributed by atoms with Crippen molar-refractivity contribution in [3.63, 3.8) is 0 Å². The maximum atomic E-state index is 2.74. The molecule has 112 valence electrons. The zero-order valence-electron chi connectivity index (χ0n) is 14.0. The van der Waals surface area contributed by atoms with E-state index in [0.29, 0.717) is 11.0 Å². The summed E-state index contributed by atoms with van der Waals surface area (Å²) >= 11 is 0. The molecule has 0 amide bonds. The summed E-state index contributed by atoms with van der Waals surface area (Å²) in [7, 11) is 0. The molecule has 1 unspecified atom stereocenters. The van der Waals surface area contributed by atoms with E-state index in [2.05, 4.69) is 51.3 Å². The first-order valence-electron chi connectivity index (χ1n) is 8.13. The highest BCUT2D eigenvalue weighted by atomic mass is 15.3. The van der Waals surface area contributed by atoms with Gasteiger partial charge < -0.3 is 4.90 Å². The third-order valence-corrected chi connectivity index (χ3v) is 5.15. The summed E-state index contributed by atoms with van der Waals surface area (Å²) in [6.45, 7) is 20.8. The fraction of sp³-hybridized carbons (Fsp3) is 1.00. The second-order valence-electron chi connectivity index (χ2n) is 8.91. The van der Waals surface area contributed by atoms with Crippen molar-refractivity contribution < 1.29 is 0 Å². The number of piperidine rings is 1. The van der Waals surface area contributed by atoms with Gasteiger partial charge >= 0.3 is 0 Å². The van der Waals surface area contributed by atoms with Gasteiger partial charge in [0.25, 0.3) is 0 Å². The molecule has 19 heavy (non-hydrogen) atoms. The summed E-state index contributed by atoms with van der Waals surface area (Å²) < 4.78 is 0. The minimum atomic E-state index is 0.367. The molecule has 2 nitrogen and oxygen atoms in total. The average Bonchev–Trinajstić information content (AvgIpc) is 2.20. The summed E-state index contributed by atoms with van der Waals surface area (Å²) in [6, 6.07) is 0. The molecule has 2 heteroatoms. The quantitative estimate of drug-likeness (QED) is 0.755. The van der Waals surface area contributed by atoms with Crippen molar-refractivity contribution in [1.82, 2.24) is 9.80 Å². The predicted molar refractivity (Wildman–Crippen MR) is 83.4 cm³/mol. The summed E-state index contributed by atoms with van der Waals surface area (Å²) in [5.41, 5.74) is 0.849. The van der Waals surface area contributed by atoms with Gasteiger partial charge in [0.05, 0.1) is 0 Å². The standard InChI is InChI=1S/C17H34N2/c1-16(2,3)15-8-7-9-18(13-15)10-14-11-19(12-14)17(4,5)6/h14-15H,7-13H2,1-6H3. The summed E-state index contributed by atoms with van der Waals surface area (Å²) in [5.74, 6) is 1.80. The molecule has 0 radical (unpaired) electrons. The third kappa shape index (κ3) is 3.95. The Hall–Kier alpha value is -0.0800. The average molecular weight is 266 g/mol. The molecule has 0 aromatic heterocycles. The SMILES string of the molecule is CC(C)(C)C1CCCN(CC2CN(C(C)(C)C)C2)C1. The molecule has 2 aliphatic heterocycles. The smallest absolute Gasteiger partial charge is 0.0125 e. The van der Waals surface area contributed by atoms with E-state index in [1.54, 1.807) is 0 Å². The topological polar surface area (TPSA) is 6.48 Å². The lowest BCUT2D eigenvalue weighted by atomic mass is 9.76. The van der Waals surface area contributed by atoms with Crippen LogP contribution in [0.3, 0.4) is 0 Å². The van der Waals surface area contributed by atoms with Gasteiger partial charge in [0.15, 0.2) is 0 Å². The lowest BCUT2D eigenvalue weighted by Gasteiger charge is -2.50. The monoisotopic (exact) mass is 266 g/mol. The maximum absolute atomic E-state index is 2.74. The second kappa shape index (κ2) is 5.37. The molecule has 2 heterocycles. The van der Waals surface area contributed by atoms with Crippen molar-refractivity contribution in [3.8, 4) is 0 Å². The molecule has 0 aromatic rings. The Morgan fingerprint density at radius 2 is 1.58 bits per heavy atom. The van der Waals surface area contributed by atoms with Gasteiger partial charge in [-0.3, -0.25) is 4.90 Å². The molecule has 1 atom stereocenters. The maximum Gasteiger partial charge on any atom is 0.0125 e. The van der Waals surface area contributed by atoms with Crippen LogP contribution in [0, 0.1) is 17.3 Å². The van der Waals surface area contributed by atoms with E-state index in [0.717, 1.165) is 11.8 Å². The first-order valence-corrected chi connectivity index (χ1v) is 8.13. The molecule has 0 spiro atoms. The Morgan fingerprint density at radius 1 is 0.947 bits per heavy atom. The third-order valence-electron chi connectivity index (χ3n) is 5.15. The van der Waals surface area contributed by atoms with Crippen molar-refractivity contribution >= 4 is 0 Å². The fourth-order valence-electron chi connectivity index (χ4n) is 3.53. The van der Waals surface area contributed by atoms with Gasteiger partial charge in [0, 0.05) is 31.7 Å². The van der Waals surface area contributed by atoms with Crippen molar-refractivity contribution in [2.45, 2.75) is 59.9 Å². The molecule has 2 saturated heterocycles. The highest BCUT2D eigenvalue weighted by Crippen LogP contribution is 2.34. The molecule has 0 aromatic carbocycles. The number of hydrogen-bond acceptors (Lipinski definition) is 2. The van der Waals surface area contributed by atoms with E-state index in [-0.39, 0.29) is 0 Å². The second-order valence-corrected chi connectivity index (χ2v) is 8.91. The molecule has 0 bridgehead atoms. The minimum Gasteiger partial charge on any atom is -0.303 e. The molecule has 0 saturated carbocycles. The fourth-order valence-corrected chi connectivity index (χ4v) is 3.53. The predicted octanol–water partition coefficient (Wildman–Crippen LogP) is 3.47. The van der Waals surface area contributed by atoms with Gasteiger partial charge in [0.2, 0.25) is 0 Å². The molecular weight excluding hydrogens is 232 g/mol. The van der Waals surface area contributed by atoms with Gasteiger partial charge in [-0.05, 0) is 57.4 Å². The largest absolute Gasteiger partial charge is 0.303 e. The van der Waals surface area contributed by atoms with Crippen LogP contribution in [0.5, 0.6) is 0 Å².